The molecule has 1 aliphatic rings. The molecule has 0 unspecified atom stereocenters. The van der Waals surface area contributed by atoms with Crippen LogP contribution in [-0.2, 0) is 0 Å². The van der Waals surface area contributed by atoms with Crippen molar-refractivity contribution in [1.82, 2.24) is 20.1 Å². The van der Waals surface area contributed by atoms with E-state index in [4.69, 9.17) is 9.51 Å². The van der Waals surface area contributed by atoms with Gasteiger partial charge in [-0.1, -0.05) is 23.4 Å². The van der Waals surface area contributed by atoms with Gasteiger partial charge < -0.3 is 9.51 Å². The van der Waals surface area contributed by atoms with Gasteiger partial charge in [0.05, 0.1) is 22.2 Å². The number of aryl methyl sites for hydroxylation is 2. The predicted molar refractivity (Wildman–Crippen MR) is 114 cm³/mol. The van der Waals surface area contributed by atoms with Crippen LogP contribution >= 0.6 is 0 Å². The number of benzene rings is 2. The fraction of sp³-hybridized carbons (Fsp3) is 0.208. The zero-order chi connectivity index (χ0) is 19.5. The Hall–Kier alpha value is -3.47. The number of nitrogens with zero attached hydrogens (tertiary/aromatic N) is 3. The van der Waals surface area contributed by atoms with Crippen molar-refractivity contribution in [3.05, 3.63) is 65.9 Å². The topological polar surface area (TPSA) is 67.6 Å². The van der Waals surface area contributed by atoms with E-state index in [1.807, 2.05) is 32.2 Å². The van der Waals surface area contributed by atoms with Gasteiger partial charge in [0, 0.05) is 28.6 Å². The molecule has 0 bridgehead atoms. The molecule has 1 saturated carbocycles. The third-order valence-corrected chi connectivity index (χ3v) is 5.83. The lowest BCUT2D eigenvalue weighted by Crippen LogP contribution is -1.89. The third kappa shape index (κ3) is 2.58. The van der Waals surface area contributed by atoms with E-state index >= 15 is 0 Å². The number of hydrogen-bond donors (Lipinski definition) is 1. The van der Waals surface area contributed by atoms with Crippen molar-refractivity contribution in [3.63, 3.8) is 0 Å². The fourth-order valence-electron chi connectivity index (χ4n) is 4.27. The molecule has 0 spiro atoms. The summed E-state index contributed by atoms with van der Waals surface area (Å²) in [6, 6.07) is 14.8. The average Bonchev–Trinajstić information content (AvgIpc) is 3.42. The van der Waals surface area contributed by atoms with Gasteiger partial charge in [0.15, 0.2) is 0 Å². The summed E-state index contributed by atoms with van der Waals surface area (Å²) in [6.07, 6.45) is 4.26. The van der Waals surface area contributed by atoms with E-state index in [9.17, 15) is 0 Å². The van der Waals surface area contributed by atoms with Crippen molar-refractivity contribution >= 4 is 21.9 Å². The highest BCUT2D eigenvalue weighted by Gasteiger charge is 2.28. The lowest BCUT2D eigenvalue weighted by molar-refractivity contribution is 0.393. The van der Waals surface area contributed by atoms with Gasteiger partial charge in [0.25, 0.3) is 0 Å². The van der Waals surface area contributed by atoms with E-state index in [1.54, 1.807) is 0 Å². The normalized spacial score (nSPS) is 14.1. The lowest BCUT2D eigenvalue weighted by atomic mass is 9.94. The smallest absolute Gasteiger partial charge is 0.141 e. The summed E-state index contributed by atoms with van der Waals surface area (Å²) < 4.78 is 5.45. The Bertz CT molecular complexity index is 1370. The molecular weight excluding hydrogens is 360 g/mol. The number of aromatic nitrogens is 4. The number of hydrogen-bond acceptors (Lipinski definition) is 4. The molecule has 3 aromatic heterocycles. The van der Waals surface area contributed by atoms with Crippen molar-refractivity contribution in [3.8, 4) is 22.3 Å². The Balaban J connectivity index is 1.69. The molecule has 6 rings (SSSR count). The number of aromatic amines is 1. The highest BCUT2D eigenvalue weighted by Crippen LogP contribution is 2.42. The minimum absolute atomic E-state index is 0.562. The Morgan fingerprint density at radius 1 is 1.03 bits per heavy atom. The summed E-state index contributed by atoms with van der Waals surface area (Å²) in [4.78, 5) is 13.1. The van der Waals surface area contributed by atoms with E-state index in [1.165, 1.54) is 12.8 Å². The number of fused-ring (bicyclic) bond motifs is 2. The van der Waals surface area contributed by atoms with Crippen LogP contribution in [0.1, 0.15) is 36.0 Å². The van der Waals surface area contributed by atoms with Crippen LogP contribution in [0.15, 0.2) is 53.2 Å². The summed E-state index contributed by atoms with van der Waals surface area (Å²) in [6.45, 7) is 3.95. The molecule has 5 nitrogen and oxygen atoms in total. The maximum Gasteiger partial charge on any atom is 0.141 e. The largest absolute Gasteiger partial charge is 0.361 e. The first-order valence-electron chi connectivity index (χ1n) is 10.00. The first kappa shape index (κ1) is 16.5. The van der Waals surface area contributed by atoms with Crippen LogP contribution in [0.3, 0.4) is 0 Å². The van der Waals surface area contributed by atoms with Crippen LogP contribution in [0.25, 0.3) is 44.2 Å². The first-order chi connectivity index (χ1) is 14.2. The molecule has 5 heteroatoms. The SMILES string of the molecule is Cc1noc(C)c1-c1cc(-c2cccc3ncccc23)c2nc(C3CC3)[nH]c2c1. The number of H-pyrrole nitrogens is 1. The molecule has 5 aromatic rings. The summed E-state index contributed by atoms with van der Waals surface area (Å²) in [5, 5.41) is 5.29. The Labute approximate surface area is 167 Å². The minimum Gasteiger partial charge on any atom is -0.361 e. The van der Waals surface area contributed by atoms with Crippen molar-refractivity contribution < 1.29 is 4.52 Å². The zero-order valence-corrected chi connectivity index (χ0v) is 16.4. The van der Waals surface area contributed by atoms with Gasteiger partial charge in [-0.05, 0) is 62.1 Å². The number of rotatable bonds is 3. The molecule has 0 radical (unpaired) electrons. The summed E-state index contributed by atoms with van der Waals surface area (Å²) >= 11 is 0. The highest BCUT2D eigenvalue weighted by molar-refractivity contribution is 6.04. The van der Waals surface area contributed by atoms with Crippen molar-refractivity contribution in [2.24, 2.45) is 0 Å². The highest BCUT2D eigenvalue weighted by atomic mass is 16.5. The second-order valence-electron chi connectivity index (χ2n) is 7.89. The van der Waals surface area contributed by atoms with Gasteiger partial charge in [-0.15, -0.1) is 0 Å². The quantitative estimate of drug-likeness (QED) is 0.421. The van der Waals surface area contributed by atoms with E-state index < -0.39 is 0 Å². The third-order valence-electron chi connectivity index (χ3n) is 5.83. The van der Waals surface area contributed by atoms with Gasteiger partial charge >= 0.3 is 0 Å². The molecule has 1 N–H and O–H groups in total. The lowest BCUT2D eigenvalue weighted by Gasteiger charge is -2.10. The molecule has 0 saturated heterocycles. The molecule has 3 heterocycles. The van der Waals surface area contributed by atoms with Crippen molar-refractivity contribution in [2.75, 3.05) is 0 Å². The minimum atomic E-state index is 0.562. The van der Waals surface area contributed by atoms with E-state index in [-0.39, 0.29) is 0 Å². The Morgan fingerprint density at radius 3 is 2.72 bits per heavy atom. The van der Waals surface area contributed by atoms with Crippen LogP contribution in [0.4, 0.5) is 0 Å². The zero-order valence-electron chi connectivity index (χ0n) is 16.4. The molecule has 0 aliphatic heterocycles. The van der Waals surface area contributed by atoms with Crippen LogP contribution in [0.2, 0.25) is 0 Å². The summed E-state index contributed by atoms with van der Waals surface area (Å²) in [5.41, 5.74) is 8.35. The van der Waals surface area contributed by atoms with Gasteiger partial charge in [-0.2, -0.15) is 0 Å². The molecule has 29 heavy (non-hydrogen) atoms. The monoisotopic (exact) mass is 380 g/mol. The van der Waals surface area contributed by atoms with Gasteiger partial charge in [-0.3, -0.25) is 4.98 Å². The predicted octanol–water partition coefficient (Wildman–Crippen LogP) is 5.93. The fourth-order valence-corrected chi connectivity index (χ4v) is 4.27. The molecule has 0 atom stereocenters. The molecular formula is C24H20N4O. The maximum absolute atomic E-state index is 5.45. The van der Waals surface area contributed by atoms with Gasteiger partial charge in [0.2, 0.25) is 0 Å². The molecule has 1 fully saturated rings. The molecule has 1 aliphatic carbocycles. The second kappa shape index (κ2) is 6.01. The molecule has 142 valence electrons. The molecule has 2 aromatic carbocycles. The molecule has 0 amide bonds. The van der Waals surface area contributed by atoms with E-state index in [0.717, 1.165) is 61.5 Å². The Morgan fingerprint density at radius 2 is 1.93 bits per heavy atom. The Kier molecular flexibility index (Phi) is 3.42. The van der Waals surface area contributed by atoms with E-state index in [0.29, 0.717) is 5.92 Å². The van der Waals surface area contributed by atoms with E-state index in [2.05, 4.69) is 45.5 Å². The van der Waals surface area contributed by atoms with Crippen LogP contribution in [-0.4, -0.2) is 20.1 Å². The van der Waals surface area contributed by atoms with Crippen LogP contribution < -0.4 is 0 Å². The van der Waals surface area contributed by atoms with Crippen LogP contribution in [0, 0.1) is 13.8 Å². The van der Waals surface area contributed by atoms with Crippen molar-refractivity contribution in [1.29, 1.82) is 0 Å². The van der Waals surface area contributed by atoms with Gasteiger partial charge in [0.1, 0.15) is 11.6 Å². The second-order valence-corrected chi connectivity index (χ2v) is 7.89. The maximum atomic E-state index is 5.45. The number of pyridine rings is 1. The van der Waals surface area contributed by atoms with Crippen molar-refractivity contribution in [2.45, 2.75) is 32.6 Å². The summed E-state index contributed by atoms with van der Waals surface area (Å²) in [7, 11) is 0. The average molecular weight is 380 g/mol. The number of nitrogens with one attached hydrogen (secondary N) is 1. The van der Waals surface area contributed by atoms with Gasteiger partial charge in [-0.25, -0.2) is 4.98 Å². The number of imidazole rings is 1. The standard InChI is InChI=1S/C24H20N4O/c1-13-22(14(2)29-28-13)16-11-19(17-5-3-7-20-18(17)6-4-10-25-20)23-21(12-16)26-24(27-23)15-8-9-15/h3-7,10-12,15H,8-9H2,1-2H3,(H,26,27). The first-order valence-corrected chi connectivity index (χ1v) is 10.00. The summed E-state index contributed by atoms with van der Waals surface area (Å²) in [5.74, 6) is 2.48. The van der Waals surface area contributed by atoms with Crippen LogP contribution in [0.5, 0.6) is 0 Å².